The number of nitrogens with one attached hydrogen (secondary N) is 1. The molecule has 2 rings (SSSR count). The maximum absolute atomic E-state index is 6.02. The largest absolute Gasteiger partial charge is 0.316 e. The maximum atomic E-state index is 6.02. The summed E-state index contributed by atoms with van der Waals surface area (Å²) in [6.45, 7) is 6.34. The molecule has 6 heteroatoms. The Morgan fingerprint density at radius 3 is 2.70 bits per heavy atom. The predicted molar refractivity (Wildman–Crippen MR) is 86.8 cm³/mol. The van der Waals surface area contributed by atoms with Gasteiger partial charge in [-0.3, -0.25) is 0 Å². The third-order valence-electron chi connectivity index (χ3n) is 2.70. The topological polar surface area (TPSA) is 37.8 Å². The zero-order valence-corrected chi connectivity index (χ0v) is 13.8. The van der Waals surface area contributed by atoms with E-state index < -0.39 is 0 Å². The summed E-state index contributed by atoms with van der Waals surface area (Å²) in [5.74, 6) is 0.663. The highest BCUT2D eigenvalue weighted by Gasteiger charge is 2.08. The summed E-state index contributed by atoms with van der Waals surface area (Å²) in [5.41, 5.74) is 0.957. The van der Waals surface area contributed by atoms with Crippen LogP contribution in [-0.2, 0) is 6.42 Å². The molecular formula is C14H17Cl2N3S. The molecule has 3 nitrogen and oxygen atoms in total. The van der Waals surface area contributed by atoms with Gasteiger partial charge in [-0.2, -0.15) is 0 Å². The second-order valence-corrected chi connectivity index (χ2v) is 6.85. The van der Waals surface area contributed by atoms with Gasteiger partial charge in [0.1, 0.15) is 10.0 Å². The van der Waals surface area contributed by atoms with Crippen LogP contribution in [0.4, 0.5) is 0 Å². The van der Waals surface area contributed by atoms with Crippen LogP contribution in [0.2, 0.25) is 10.0 Å². The monoisotopic (exact) mass is 329 g/mol. The molecule has 2 aromatic rings. The SMILES string of the molecule is CC(C)CNCCc1nnc(-c2ccc(Cl)c(Cl)c2)s1. The molecule has 1 aromatic carbocycles. The molecule has 0 spiro atoms. The highest BCUT2D eigenvalue weighted by Crippen LogP contribution is 2.30. The number of rotatable bonds is 6. The summed E-state index contributed by atoms with van der Waals surface area (Å²) in [5, 5.41) is 14.8. The Hall–Kier alpha value is -0.680. The lowest BCUT2D eigenvalue weighted by atomic mass is 10.2. The lowest BCUT2D eigenvalue weighted by Gasteiger charge is -2.05. The van der Waals surface area contributed by atoms with Gasteiger partial charge < -0.3 is 5.32 Å². The Bertz CT molecular complexity index is 569. The van der Waals surface area contributed by atoms with E-state index in [1.54, 1.807) is 17.4 Å². The lowest BCUT2D eigenvalue weighted by Crippen LogP contribution is -2.22. The van der Waals surface area contributed by atoms with E-state index in [1.807, 2.05) is 12.1 Å². The number of aromatic nitrogens is 2. The normalized spacial score (nSPS) is 11.2. The minimum Gasteiger partial charge on any atom is -0.316 e. The van der Waals surface area contributed by atoms with Crippen molar-refractivity contribution in [2.45, 2.75) is 20.3 Å². The quantitative estimate of drug-likeness (QED) is 0.803. The molecule has 0 saturated carbocycles. The molecule has 0 radical (unpaired) electrons. The molecule has 108 valence electrons. The number of benzene rings is 1. The van der Waals surface area contributed by atoms with E-state index in [9.17, 15) is 0 Å². The van der Waals surface area contributed by atoms with Gasteiger partial charge in [-0.05, 0) is 24.6 Å². The van der Waals surface area contributed by atoms with Crippen LogP contribution in [0.3, 0.4) is 0 Å². The number of nitrogens with zero attached hydrogens (tertiary/aromatic N) is 2. The first-order valence-corrected chi connectivity index (χ1v) is 8.12. The predicted octanol–water partition coefficient (Wildman–Crippen LogP) is 4.30. The molecule has 0 amide bonds. The average molecular weight is 330 g/mol. The second kappa shape index (κ2) is 7.36. The Morgan fingerprint density at radius 2 is 2.00 bits per heavy atom. The standard InChI is InChI=1S/C14H17Cl2N3S/c1-9(2)8-17-6-5-13-18-19-14(20-13)10-3-4-11(15)12(16)7-10/h3-4,7,9,17H,5-6,8H2,1-2H3. The summed E-state index contributed by atoms with van der Waals surface area (Å²) in [4.78, 5) is 0. The van der Waals surface area contributed by atoms with E-state index in [-0.39, 0.29) is 0 Å². The van der Waals surface area contributed by atoms with Crippen LogP contribution in [-0.4, -0.2) is 23.3 Å². The lowest BCUT2D eigenvalue weighted by molar-refractivity contribution is 0.553. The first kappa shape index (κ1) is 15.7. The first-order valence-electron chi connectivity index (χ1n) is 6.55. The van der Waals surface area contributed by atoms with Gasteiger partial charge >= 0.3 is 0 Å². The molecule has 1 N–H and O–H groups in total. The Morgan fingerprint density at radius 1 is 1.20 bits per heavy atom. The fourth-order valence-electron chi connectivity index (χ4n) is 1.69. The molecule has 0 saturated heterocycles. The molecule has 0 aliphatic heterocycles. The minimum absolute atomic E-state index is 0.541. The second-order valence-electron chi connectivity index (χ2n) is 4.98. The molecule has 1 aromatic heterocycles. The fraction of sp³-hybridized carbons (Fsp3) is 0.429. The molecule has 0 fully saturated rings. The molecule has 20 heavy (non-hydrogen) atoms. The molecule has 0 aliphatic carbocycles. The van der Waals surface area contributed by atoms with Gasteiger partial charge in [-0.25, -0.2) is 0 Å². The van der Waals surface area contributed by atoms with Crippen LogP contribution in [0.15, 0.2) is 18.2 Å². The van der Waals surface area contributed by atoms with E-state index in [2.05, 4.69) is 29.4 Å². The van der Waals surface area contributed by atoms with Gasteiger partial charge in [-0.1, -0.05) is 54.5 Å². The van der Waals surface area contributed by atoms with Crippen molar-refractivity contribution in [2.24, 2.45) is 5.92 Å². The third-order valence-corrected chi connectivity index (χ3v) is 4.47. The molecule has 0 bridgehead atoms. The Labute approximate surface area is 133 Å². The van der Waals surface area contributed by atoms with E-state index in [0.717, 1.165) is 35.1 Å². The van der Waals surface area contributed by atoms with Crippen molar-refractivity contribution in [1.82, 2.24) is 15.5 Å². The van der Waals surface area contributed by atoms with Crippen LogP contribution in [0.25, 0.3) is 10.6 Å². The van der Waals surface area contributed by atoms with Gasteiger partial charge in [0.2, 0.25) is 0 Å². The van der Waals surface area contributed by atoms with Gasteiger partial charge in [0.25, 0.3) is 0 Å². The number of halogens is 2. The molecule has 0 aliphatic rings. The average Bonchev–Trinajstić information content (AvgIpc) is 2.86. The van der Waals surface area contributed by atoms with E-state index in [4.69, 9.17) is 23.2 Å². The van der Waals surface area contributed by atoms with Crippen LogP contribution in [0.5, 0.6) is 0 Å². The summed E-state index contributed by atoms with van der Waals surface area (Å²) < 4.78 is 0. The molecule has 0 atom stereocenters. The molecule has 0 unspecified atom stereocenters. The van der Waals surface area contributed by atoms with Gasteiger partial charge in [0.15, 0.2) is 0 Å². The first-order chi connectivity index (χ1) is 9.56. The maximum Gasteiger partial charge on any atom is 0.147 e. The van der Waals surface area contributed by atoms with Crippen LogP contribution < -0.4 is 5.32 Å². The Balaban J connectivity index is 1.96. The van der Waals surface area contributed by atoms with Crippen molar-refractivity contribution in [3.63, 3.8) is 0 Å². The van der Waals surface area contributed by atoms with Crippen LogP contribution in [0.1, 0.15) is 18.9 Å². The van der Waals surface area contributed by atoms with Crippen LogP contribution >= 0.6 is 34.5 Å². The van der Waals surface area contributed by atoms with Gasteiger partial charge in [0.05, 0.1) is 10.0 Å². The van der Waals surface area contributed by atoms with Crippen molar-refractivity contribution in [3.05, 3.63) is 33.3 Å². The van der Waals surface area contributed by atoms with Crippen molar-refractivity contribution in [3.8, 4) is 10.6 Å². The van der Waals surface area contributed by atoms with E-state index in [1.165, 1.54) is 0 Å². The highest BCUT2D eigenvalue weighted by molar-refractivity contribution is 7.14. The van der Waals surface area contributed by atoms with Crippen LogP contribution in [0, 0.1) is 5.92 Å². The third kappa shape index (κ3) is 4.42. The van der Waals surface area contributed by atoms with Crippen molar-refractivity contribution in [2.75, 3.05) is 13.1 Å². The number of hydrogen-bond acceptors (Lipinski definition) is 4. The number of hydrogen-bond donors (Lipinski definition) is 1. The summed E-state index contributed by atoms with van der Waals surface area (Å²) in [6.07, 6.45) is 0.895. The van der Waals surface area contributed by atoms with Gasteiger partial charge in [-0.15, -0.1) is 10.2 Å². The Kier molecular flexibility index (Phi) is 5.78. The summed E-state index contributed by atoms with van der Waals surface area (Å²) in [6, 6.07) is 5.52. The van der Waals surface area contributed by atoms with Gasteiger partial charge in [0, 0.05) is 18.5 Å². The van der Waals surface area contributed by atoms with E-state index in [0.29, 0.717) is 16.0 Å². The summed E-state index contributed by atoms with van der Waals surface area (Å²) >= 11 is 13.5. The van der Waals surface area contributed by atoms with Crippen molar-refractivity contribution < 1.29 is 0 Å². The molecule has 1 heterocycles. The fourth-order valence-corrected chi connectivity index (χ4v) is 2.82. The zero-order chi connectivity index (χ0) is 14.5. The smallest absolute Gasteiger partial charge is 0.147 e. The zero-order valence-electron chi connectivity index (χ0n) is 11.5. The molecular weight excluding hydrogens is 313 g/mol. The highest BCUT2D eigenvalue weighted by atomic mass is 35.5. The minimum atomic E-state index is 0.541. The van der Waals surface area contributed by atoms with Crippen molar-refractivity contribution in [1.29, 1.82) is 0 Å². The summed E-state index contributed by atoms with van der Waals surface area (Å²) in [7, 11) is 0. The van der Waals surface area contributed by atoms with Crippen molar-refractivity contribution >= 4 is 34.5 Å². The van der Waals surface area contributed by atoms with E-state index >= 15 is 0 Å².